The third-order valence-electron chi connectivity index (χ3n) is 5.05. The summed E-state index contributed by atoms with van der Waals surface area (Å²) < 4.78 is 55.0. The van der Waals surface area contributed by atoms with Gasteiger partial charge in [0, 0.05) is 17.4 Å². The second-order valence-corrected chi connectivity index (χ2v) is 8.31. The molecular weight excluding hydrogens is 450 g/mol. The number of benzene rings is 2. The maximum atomic E-state index is 14.7. The molecule has 6 nitrogen and oxygen atoms in total. The van der Waals surface area contributed by atoms with Crippen LogP contribution in [-0.4, -0.2) is 24.6 Å². The lowest BCUT2D eigenvalue weighted by Gasteiger charge is -2.19. The van der Waals surface area contributed by atoms with Crippen LogP contribution < -0.4 is 5.32 Å². The molecule has 0 spiro atoms. The number of nitrogens with one attached hydrogen (secondary N) is 1. The molecule has 0 bridgehead atoms. The summed E-state index contributed by atoms with van der Waals surface area (Å²) in [6, 6.07) is 10.5. The Balaban J connectivity index is 1.69. The molecule has 34 heavy (non-hydrogen) atoms. The van der Waals surface area contributed by atoms with Crippen molar-refractivity contribution in [3.8, 4) is 16.9 Å². The van der Waals surface area contributed by atoms with E-state index in [0.717, 1.165) is 17.8 Å². The van der Waals surface area contributed by atoms with E-state index in [-0.39, 0.29) is 11.6 Å². The fraction of sp³-hybridized carbons (Fsp3) is 0.208. The van der Waals surface area contributed by atoms with Gasteiger partial charge in [0.25, 0.3) is 0 Å². The Kier molecular flexibility index (Phi) is 5.86. The van der Waals surface area contributed by atoms with Crippen LogP contribution >= 0.6 is 0 Å². The van der Waals surface area contributed by atoms with E-state index in [2.05, 4.69) is 20.3 Å². The Morgan fingerprint density at radius 3 is 2.24 bits per heavy atom. The Hall–Kier alpha value is -3.79. The fourth-order valence-corrected chi connectivity index (χ4v) is 3.27. The second-order valence-electron chi connectivity index (χ2n) is 8.31. The molecule has 0 aliphatic heterocycles. The van der Waals surface area contributed by atoms with Crippen LogP contribution in [0.4, 0.5) is 29.2 Å². The van der Waals surface area contributed by atoms with E-state index in [1.54, 1.807) is 29.8 Å². The van der Waals surface area contributed by atoms with Crippen molar-refractivity contribution in [1.29, 1.82) is 0 Å². The molecule has 4 aromatic rings. The highest BCUT2D eigenvalue weighted by atomic mass is 19.4. The van der Waals surface area contributed by atoms with Crippen molar-refractivity contribution in [2.75, 3.05) is 5.32 Å². The summed E-state index contributed by atoms with van der Waals surface area (Å²) >= 11 is 0. The zero-order valence-electron chi connectivity index (χ0n) is 18.5. The Bertz CT molecular complexity index is 1320. The normalized spacial score (nSPS) is 12.1. The maximum Gasteiger partial charge on any atom is 0.416 e. The van der Waals surface area contributed by atoms with Gasteiger partial charge in [0.2, 0.25) is 5.95 Å². The monoisotopic (exact) mass is 471 g/mol. The first-order chi connectivity index (χ1) is 15.9. The highest BCUT2D eigenvalue weighted by Gasteiger charge is 2.30. The number of hydrogen-bond donors (Lipinski definition) is 2. The van der Waals surface area contributed by atoms with Crippen LogP contribution in [0.2, 0.25) is 0 Å². The van der Waals surface area contributed by atoms with Gasteiger partial charge in [0.15, 0.2) is 0 Å². The maximum absolute atomic E-state index is 14.7. The molecule has 10 heteroatoms. The Morgan fingerprint density at radius 1 is 0.971 bits per heavy atom. The summed E-state index contributed by atoms with van der Waals surface area (Å²) in [5, 5.41) is 13.4. The standard InChI is InChI=1S/C24H21F4N5O/c1-14-12-33(13-29-14)20-9-8-17(10-18(20)25)30-22-31-19(11-21(32-22)23(2,3)34)15-4-6-16(7-5-15)24(26,27)28/h4-13,34H,1-3H3,(H,30,31,32). The molecule has 4 rings (SSSR count). The smallest absolute Gasteiger partial charge is 0.384 e. The van der Waals surface area contributed by atoms with E-state index in [1.165, 1.54) is 44.4 Å². The van der Waals surface area contributed by atoms with Gasteiger partial charge in [-0.25, -0.2) is 19.3 Å². The van der Waals surface area contributed by atoms with E-state index in [0.29, 0.717) is 22.6 Å². The molecule has 0 saturated heterocycles. The first-order valence-electron chi connectivity index (χ1n) is 10.3. The number of aliphatic hydroxyl groups is 1. The van der Waals surface area contributed by atoms with Crippen molar-refractivity contribution in [2.24, 2.45) is 0 Å². The van der Waals surface area contributed by atoms with Gasteiger partial charge in [-0.05, 0) is 57.2 Å². The van der Waals surface area contributed by atoms with Crippen LogP contribution in [0.5, 0.6) is 0 Å². The molecule has 2 heterocycles. The first-order valence-corrected chi connectivity index (χ1v) is 10.3. The van der Waals surface area contributed by atoms with Crippen molar-refractivity contribution < 1.29 is 22.7 Å². The average molecular weight is 471 g/mol. The quantitative estimate of drug-likeness (QED) is 0.362. The molecule has 0 unspecified atom stereocenters. The van der Waals surface area contributed by atoms with Gasteiger partial charge in [0.05, 0.1) is 34.7 Å². The molecule has 2 aromatic carbocycles. The molecular formula is C24H21F4N5O. The molecule has 0 aliphatic rings. The lowest BCUT2D eigenvalue weighted by molar-refractivity contribution is -0.137. The van der Waals surface area contributed by atoms with Crippen LogP contribution in [0, 0.1) is 12.7 Å². The van der Waals surface area contributed by atoms with Gasteiger partial charge >= 0.3 is 6.18 Å². The summed E-state index contributed by atoms with van der Waals surface area (Å²) in [5.74, 6) is -0.454. The van der Waals surface area contributed by atoms with E-state index in [1.807, 2.05) is 0 Å². The SMILES string of the molecule is Cc1cn(-c2ccc(Nc3nc(-c4ccc(C(F)(F)F)cc4)cc(C(C)(C)O)n3)cc2F)cn1. The van der Waals surface area contributed by atoms with E-state index < -0.39 is 23.2 Å². The van der Waals surface area contributed by atoms with Crippen molar-refractivity contribution in [2.45, 2.75) is 32.5 Å². The van der Waals surface area contributed by atoms with Crippen molar-refractivity contribution >= 4 is 11.6 Å². The number of aryl methyl sites for hydroxylation is 1. The summed E-state index contributed by atoms with van der Waals surface area (Å²) in [6.45, 7) is 4.85. The number of nitrogens with zero attached hydrogens (tertiary/aromatic N) is 4. The van der Waals surface area contributed by atoms with Gasteiger partial charge in [-0.3, -0.25) is 0 Å². The minimum atomic E-state index is -4.46. The number of rotatable bonds is 5. The predicted octanol–water partition coefficient (Wildman–Crippen LogP) is 5.77. The Labute approximate surface area is 193 Å². The molecule has 2 aromatic heterocycles. The average Bonchev–Trinajstić information content (AvgIpc) is 3.18. The molecule has 176 valence electrons. The largest absolute Gasteiger partial charge is 0.416 e. The Morgan fingerprint density at radius 2 is 1.68 bits per heavy atom. The first kappa shape index (κ1) is 23.4. The van der Waals surface area contributed by atoms with Gasteiger partial charge < -0.3 is 15.0 Å². The highest BCUT2D eigenvalue weighted by Crippen LogP contribution is 2.32. The predicted molar refractivity (Wildman–Crippen MR) is 119 cm³/mol. The van der Waals surface area contributed by atoms with Crippen LogP contribution in [-0.2, 0) is 11.8 Å². The summed E-state index contributed by atoms with van der Waals surface area (Å²) in [4.78, 5) is 12.8. The molecule has 0 radical (unpaired) electrons. The lowest BCUT2D eigenvalue weighted by atomic mass is 10.0. The highest BCUT2D eigenvalue weighted by molar-refractivity contribution is 5.64. The van der Waals surface area contributed by atoms with Gasteiger partial charge in [0.1, 0.15) is 11.4 Å². The number of hydrogen-bond acceptors (Lipinski definition) is 5. The van der Waals surface area contributed by atoms with E-state index in [9.17, 15) is 22.7 Å². The molecule has 0 fully saturated rings. The van der Waals surface area contributed by atoms with Crippen LogP contribution in [0.1, 0.15) is 30.8 Å². The molecule has 0 aliphatic carbocycles. The van der Waals surface area contributed by atoms with Crippen LogP contribution in [0.3, 0.4) is 0 Å². The summed E-state index contributed by atoms with van der Waals surface area (Å²) in [5.41, 5.74) is 0.214. The summed E-state index contributed by atoms with van der Waals surface area (Å²) in [6.07, 6.45) is -1.26. The third-order valence-corrected chi connectivity index (χ3v) is 5.05. The van der Waals surface area contributed by atoms with Gasteiger partial charge in [-0.1, -0.05) is 12.1 Å². The molecule has 0 atom stereocenters. The van der Waals surface area contributed by atoms with Crippen LogP contribution in [0.25, 0.3) is 16.9 Å². The van der Waals surface area contributed by atoms with Crippen molar-refractivity contribution in [1.82, 2.24) is 19.5 Å². The number of aromatic nitrogens is 4. The second kappa shape index (κ2) is 8.53. The topological polar surface area (TPSA) is 75.9 Å². The van der Waals surface area contributed by atoms with E-state index in [4.69, 9.17) is 0 Å². The van der Waals surface area contributed by atoms with Gasteiger partial charge in [-0.15, -0.1) is 0 Å². The van der Waals surface area contributed by atoms with Gasteiger partial charge in [-0.2, -0.15) is 13.2 Å². The van der Waals surface area contributed by atoms with E-state index >= 15 is 0 Å². The number of imidazole rings is 1. The van der Waals surface area contributed by atoms with Crippen molar-refractivity contribution in [3.05, 3.63) is 83.8 Å². The number of alkyl halides is 3. The lowest BCUT2D eigenvalue weighted by Crippen LogP contribution is -2.19. The number of halogens is 4. The molecule has 0 saturated carbocycles. The zero-order valence-corrected chi connectivity index (χ0v) is 18.5. The number of anilines is 2. The fourth-order valence-electron chi connectivity index (χ4n) is 3.27. The molecule has 2 N–H and O–H groups in total. The van der Waals surface area contributed by atoms with Crippen molar-refractivity contribution in [3.63, 3.8) is 0 Å². The minimum absolute atomic E-state index is 0.0557. The third kappa shape index (κ3) is 5.07. The zero-order chi connectivity index (χ0) is 24.7. The van der Waals surface area contributed by atoms with Crippen LogP contribution in [0.15, 0.2) is 61.1 Å². The minimum Gasteiger partial charge on any atom is -0.384 e. The molecule has 0 amide bonds. The summed E-state index contributed by atoms with van der Waals surface area (Å²) in [7, 11) is 0.